The molecule has 2 aromatic heterocycles. The van der Waals surface area contributed by atoms with Crippen LogP contribution in [-0.2, 0) is 10.2 Å². The van der Waals surface area contributed by atoms with Crippen LogP contribution in [0.15, 0.2) is 39.2 Å². The number of piperidine rings is 1. The second kappa shape index (κ2) is 5.67. The molecule has 0 saturated carbocycles. The van der Waals surface area contributed by atoms with Crippen molar-refractivity contribution >= 4 is 16.9 Å². The van der Waals surface area contributed by atoms with Crippen molar-refractivity contribution in [1.29, 1.82) is 0 Å². The van der Waals surface area contributed by atoms with Crippen LogP contribution in [0.5, 0.6) is 0 Å². The summed E-state index contributed by atoms with van der Waals surface area (Å²) < 4.78 is 17.4. The molecular formula is C19H19N3O4. The number of amides is 1. The first-order valence-corrected chi connectivity index (χ1v) is 8.86. The summed E-state index contributed by atoms with van der Waals surface area (Å²) in [6.45, 7) is 3.53. The fraction of sp³-hybridized carbons (Fsp3) is 0.421. The average molecular weight is 353 g/mol. The third-order valence-electron chi connectivity index (χ3n) is 5.49. The lowest BCUT2D eigenvalue weighted by atomic mass is 9.76. The Kier molecular flexibility index (Phi) is 3.40. The van der Waals surface area contributed by atoms with E-state index < -0.39 is 5.41 Å². The van der Waals surface area contributed by atoms with Gasteiger partial charge in [-0.2, -0.15) is 0 Å². The van der Waals surface area contributed by atoms with E-state index in [0.717, 1.165) is 23.8 Å². The molecule has 2 aliphatic heterocycles. The summed E-state index contributed by atoms with van der Waals surface area (Å²) in [6.07, 6.45) is 1.51. The highest BCUT2D eigenvalue weighted by Crippen LogP contribution is 2.43. The van der Waals surface area contributed by atoms with E-state index in [-0.39, 0.29) is 12.0 Å². The summed E-state index contributed by atoms with van der Waals surface area (Å²) in [5, 5.41) is 9.15. The second-order valence-corrected chi connectivity index (χ2v) is 7.06. The summed E-state index contributed by atoms with van der Waals surface area (Å²) in [5.74, 6) is 1.35. The number of para-hydroxylation sites is 1. The minimum atomic E-state index is -0.429. The van der Waals surface area contributed by atoms with Crippen molar-refractivity contribution in [3.63, 3.8) is 0 Å². The van der Waals surface area contributed by atoms with Gasteiger partial charge in [-0.05, 0) is 25.0 Å². The highest BCUT2D eigenvalue weighted by atomic mass is 16.5. The Labute approximate surface area is 149 Å². The van der Waals surface area contributed by atoms with Gasteiger partial charge in [-0.3, -0.25) is 4.79 Å². The molecule has 2 aliphatic rings. The number of hydrogen-bond donors (Lipinski definition) is 0. The van der Waals surface area contributed by atoms with Crippen LogP contribution >= 0.6 is 0 Å². The number of benzene rings is 1. The van der Waals surface area contributed by atoms with E-state index in [1.165, 1.54) is 0 Å². The molecule has 0 bridgehead atoms. The van der Waals surface area contributed by atoms with Crippen LogP contribution in [0.2, 0.25) is 0 Å². The molecule has 2 saturated heterocycles. The standard InChI is InChI=1S/C19H19N3O4/c1-12-20-21-18(25-12)19-7-9-24-16(19)6-8-22(11-19)17(23)15-10-13-4-2-3-5-14(13)26-15/h2-5,10,16H,6-9,11H2,1H3/t16-,19-/m1/s1. The lowest BCUT2D eigenvalue weighted by Gasteiger charge is -2.41. The van der Waals surface area contributed by atoms with E-state index in [0.29, 0.717) is 37.2 Å². The molecule has 0 radical (unpaired) electrons. The van der Waals surface area contributed by atoms with Crippen LogP contribution < -0.4 is 0 Å². The normalized spacial score (nSPS) is 25.6. The third-order valence-corrected chi connectivity index (χ3v) is 5.49. The maximum atomic E-state index is 13.1. The molecule has 0 aliphatic carbocycles. The molecule has 7 nitrogen and oxygen atoms in total. The molecule has 1 amide bonds. The highest BCUT2D eigenvalue weighted by molar-refractivity contribution is 5.96. The number of aryl methyl sites for hydroxylation is 1. The number of hydrogen-bond acceptors (Lipinski definition) is 6. The lowest BCUT2D eigenvalue weighted by molar-refractivity contribution is 0.00860. The summed E-state index contributed by atoms with van der Waals surface area (Å²) in [5.41, 5.74) is 0.290. The summed E-state index contributed by atoms with van der Waals surface area (Å²) in [6, 6.07) is 9.44. The quantitative estimate of drug-likeness (QED) is 0.704. The molecule has 0 spiro atoms. The highest BCUT2D eigenvalue weighted by Gasteiger charge is 2.53. The van der Waals surface area contributed by atoms with Gasteiger partial charge in [-0.15, -0.1) is 10.2 Å². The molecule has 4 heterocycles. The molecule has 2 fully saturated rings. The Balaban J connectivity index is 1.47. The molecule has 5 rings (SSSR count). The number of likely N-dealkylation sites (tertiary alicyclic amines) is 1. The maximum Gasteiger partial charge on any atom is 0.289 e. The number of ether oxygens (including phenoxy) is 1. The van der Waals surface area contributed by atoms with E-state index >= 15 is 0 Å². The Morgan fingerprint density at radius 2 is 2.15 bits per heavy atom. The van der Waals surface area contributed by atoms with Gasteiger partial charge in [0.25, 0.3) is 5.91 Å². The van der Waals surface area contributed by atoms with Crippen molar-refractivity contribution in [2.45, 2.75) is 31.3 Å². The van der Waals surface area contributed by atoms with Gasteiger partial charge < -0.3 is 18.5 Å². The molecule has 26 heavy (non-hydrogen) atoms. The van der Waals surface area contributed by atoms with Gasteiger partial charge in [0, 0.05) is 32.0 Å². The average Bonchev–Trinajstić information content (AvgIpc) is 3.37. The van der Waals surface area contributed by atoms with E-state index in [9.17, 15) is 4.79 Å². The van der Waals surface area contributed by atoms with Crippen molar-refractivity contribution in [3.8, 4) is 0 Å². The number of furan rings is 1. The first-order chi connectivity index (χ1) is 12.7. The fourth-order valence-electron chi connectivity index (χ4n) is 4.16. The number of aromatic nitrogens is 2. The smallest absolute Gasteiger partial charge is 0.289 e. The van der Waals surface area contributed by atoms with Crippen LogP contribution in [0.3, 0.4) is 0 Å². The lowest BCUT2D eigenvalue weighted by Crippen LogP contribution is -2.54. The molecule has 1 aromatic carbocycles. The first kappa shape index (κ1) is 15.6. The van der Waals surface area contributed by atoms with E-state index in [1.807, 2.05) is 29.2 Å². The third kappa shape index (κ3) is 2.27. The van der Waals surface area contributed by atoms with Gasteiger partial charge in [0.15, 0.2) is 5.76 Å². The van der Waals surface area contributed by atoms with Gasteiger partial charge in [-0.25, -0.2) is 0 Å². The first-order valence-electron chi connectivity index (χ1n) is 8.86. The predicted molar refractivity (Wildman–Crippen MR) is 91.8 cm³/mol. The van der Waals surface area contributed by atoms with Gasteiger partial charge in [0.05, 0.1) is 11.5 Å². The number of nitrogens with zero attached hydrogens (tertiary/aromatic N) is 3. The minimum absolute atomic E-state index is 0.00192. The number of carbonyl (C=O) groups is 1. The van der Waals surface area contributed by atoms with E-state index in [4.69, 9.17) is 13.6 Å². The van der Waals surface area contributed by atoms with Gasteiger partial charge in [-0.1, -0.05) is 18.2 Å². The Morgan fingerprint density at radius 1 is 1.27 bits per heavy atom. The van der Waals surface area contributed by atoms with Crippen LogP contribution in [0.1, 0.15) is 35.2 Å². The zero-order valence-corrected chi connectivity index (χ0v) is 14.5. The molecular weight excluding hydrogens is 334 g/mol. The number of fused-ring (bicyclic) bond motifs is 2. The van der Waals surface area contributed by atoms with Gasteiger partial charge in [0.1, 0.15) is 5.58 Å². The van der Waals surface area contributed by atoms with Crippen LogP contribution in [0.4, 0.5) is 0 Å². The van der Waals surface area contributed by atoms with Crippen molar-refractivity contribution in [2.75, 3.05) is 19.7 Å². The monoisotopic (exact) mass is 353 g/mol. The molecule has 0 N–H and O–H groups in total. The minimum Gasteiger partial charge on any atom is -0.451 e. The Bertz CT molecular complexity index is 945. The zero-order chi connectivity index (χ0) is 17.7. The van der Waals surface area contributed by atoms with Crippen molar-refractivity contribution in [2.24, 2.45) is 0 Å². The van der Waals surface area contributed by atoms with Crippen LogP contribution in [0.25, 0.3) is 11.0 Å². The van der Waals surface area contributed by atoms with Crippen molar-refractivity contribution in [3.05, 3.63) is 47.9 Å². The van der Waals surface area contributed by atoms with Crippen molar-refractivity contribution in [1.82, 2.24) is 15.1 Å². The summed E-state index contributed by atoms with van der Waals surface area (Å²) >= 11 is 0. The zero-order valence-electron chi connectivity index (χ0n) is 14.5. The summed E-state index contributed by atoms with van der Waals surface area (Å²) in [4.78, 5) is 14.9. The van der Waals surface area contributed by atoms with E-state index in [1.54, 1.807) is 13.0 Å². The van der Waals surface area contributed by atoms with Crippen molar-refractivity contribution < 1.29 is 18.4 Å². The Morgan fingerprint density at radius 3 is 2.96 bits per heavy atom. The molecule has 2 atom stereocenters. The fourth-order valence-corrected chi connectivity index (χ4v) is 4.16. The molecule has 0 unspecified atom stereocenters. The largest absolute Gasteiger partial charge is 0.451 e. The predicted octanol–water partition coefficient (Wildman–Crippen LogP) is 2.70. The van der Waals surface area contributed by atoms with Crippen LogP contribution in [-0.4, -0.2) is 46.8 Å². The second-order valence-electron chi connectivity index (χ2n) is 7.06. The van der Waals surface area contributed by atoms with Crippen LogP contribution in [0, 0.1) is 6.92 Å². The Hall–Kier alpha value is -2.67. The SMILES string of the molecule is Cc1nnc([C@@]23CCO[C@@H]2CCN(C(=O)c2cc4ccccc4o2)C3)o1. The topological polar surface area (TPSA) is 81.6 Å². The molecule has 7 heteroatoms. The maximum absolute atomic E-state index is 13.1. The number of rotatable bonds is 2. The number of carbonyl (C=O) groups excluding carboxylic acids is 1. The van der Waals surface area contributed by atoms with Gasteiger partial charge >= 0.3 is 0 Å². The van der Waals surface area contributed by atoms with Gasteiger partial charge in [0.2, 0.25) is 11.8 Å². The molecule has 134 valence electrons. The molecule has 3 aromatic rings. The summed E-state index contributed by atoms with van der Waals surface area (Å²) in [7, 11) is 0. The van der Waals surface area contributed by atoms with E-state index in [2.05, 4.69) is 10.2 Å².